The number of anilines is 3. The number of aliphatic hydroxyl groups excluding tert-OH is 8. The van der Waals surface area contributed by atoms with Crippen LogP contribution in [0.5, 0.6) is 11.5 Å². The summed E-state index contributed by atoms with van der Waals surface area (Å²) in [6.07, 6.45) is -11.9. The molecule has 0 saturated carbocycles. The Hall–Kier alpha value is -10.3. The van der Waals surface area contributed by atoms with Gasteiger partial charge in [0.1, 0.15) is 66.1 Å². The molecule has 0 aliphatic carbocycles. The maximum Gasteiger partial charge on any atom is 0.317 e. The van der Waals surface area contributed by atoms with E-state index in [2.05, 4.69) is 50.3 Å². The average Bonchev–Trinajstić information content (AvgIpc) is 1.63. The lowest BCUT2D eigenvalue weighted by molar-refractivity contribution is -0.277. The van der Waals surface area contributed by atoms with Gasteiger partial charge < -0.3 is 107 Å². The third-order valence-corrected chi connectivity index (χ3v) is 20.3. The number of aromatic nitrogens is 2. The Morgan fingerprint density at radius 3 is 1.36 bits per heavy atom. The quantitative estimate of drug-likeness (QED) is 0.0115. The zero-order valence-electron chi connectivity index (χ0n) is 60.9. The van der Waals surface area contributed by atoms with E-state index in [1.165, 1.54) is 34.1 Å². The molecule has 2 aromatic heterocycles. The summed E-state index contributed by atoms with van der Waals surface area (Å²) in [4.78, 5) is 99.8. The van der Waals surface area contributed by atoms with Crippen LogP contribution in [-0.4, -0.2) is 263 Å². The van der Waals surface area contributed by atoms with E-state index in [0.717, 1.165) is 24.2 Å². The molecule has 3 amide bonds. The van der Waals surface area contributed by atoms with Gasteiger partial charge in [-0.2, -0.15) is 11.8 Å². The van der Waals surface area contributed by atoms with Crippen molar-refractivity contribution in [2.75, 3.05) is 67.6 Å². The number of unbranched alkanes of at least 4 members (excludes halogenated alkanes) is 1. The number of urea groups is 1. The number of fused-ring (bicyclic) bond motifs is 1. The summed E-state index contributed by atoms with van der Waals surface area (Å²) in [6.45, 7) is -4.17. The summed E-state index contributed by atoms with van der Waals surface area (Å²) in [5, 5.41) is 137. The van der Waals surface area contributed by atoms with E-state index >= 15 is 0 Å². The molecule has 4 aromatic carbocycles. The highest BCUT2D eigenvalue weighted by atomic mass is 32.2. The van der Waals surface area contributed by atoms with Crippen LogP contribution in [-0.2, 0) is 70.8 Å². The number of hydrogen-bond acceptors (Lipinski definition) is 26. The maximum atomic E-state index is 12.9. The molecule has 4 aliphatic heterocycles. The van der Waals surface area contributed by atoms with E-state index in [4.69, 9.17) is 41.1 Å². The second-order valence-corrected chi connectivity index (χ2v) is 29.2. The normalized spacial score (nSPS) is 22.3. The predicted octanol–water partition coefficient (Wildman–Crippen LogP) is 1.64. The fraction of sp³-hybridized carbons (Fsp3) is 0.410. The van der Waals surface area contributed by atoms with Crippen LogP contribution in [0.2, 0.25) is 0 Å². The number of amides is 3. The number of ketones is 1. The van der Waals surface area contributed by atoms with Crippen LogP contribution in [0, 0.1) is 23.7 Å². The van der Waals surface area contributed by atoms with Crippen LogP contribution in [0.4, 0.5) is 21.9 Å². The zero-order valence-corrected chi connectivity index (χ0v) is 62.5. The highest BCUT2D eigenvalue weighted by Gasteiger charge is 2.47. The number of aliphatic hydroxyl groups is 8. The molecule has 113 heavy (non-hydrogen) atoms. The molecule has 6 aromatic rings. The number of carbonyl (C=O) groups is 7. The lowest BCUT2D eigenvalue weighted by Crippen LogP contribution is -2.60. The Bertz CT molecular complexity index is 4230. The number of benzene rings is 4. The molecule has 0 radical (unpaired) electrons. The highest BCUT2D eigenvalue weighted by molar-refractivity contribution is 8.00. The molecule has 17 N–H and O–H groups in total. The van der Waals surface area contributed by atoms with E-state index < -0.39 is 125 Å². The third kappa shape index (κ3) is 25.9. The first kappa shape index (κ1) is 85.1. The molecule has 13 unspecified atom stereocenters. The van der Waals surface area contributed by atoms with Crippen LogP contribution in [0.15, 0.2) is 121 Å². The summed E-state index contributed by atoms with van der Waals surface area (Å²) in [5.41, 5.74) is 5.51. The lowest BCUT2D eigenvalue weighted by atomic mass is 9.99. The van der Waals surface area contributed by atoms with Crippen molar-refractivity contribution in [1.29, 1.82) is 0 Å². The Kier molecular flexibility index (Phi) is 30.9. The number of hydrogen-bond donors (Lipinski definition) is 17. The number of Topliss-reactive ketones (excluding diaryl/α,β-unsaturated/α-hetero) is 1. The SMILES string of the molecule is O=C(O)CN(CC(=O)O)Cc1cc(C#Cc2ccc(OC3OC(CO)C(O)C(O)C3O)cc2)cc(CN(CCc2ccc(NC(=S)Nc3ccc(NC(=O)CCC(=O)CCCCC4SCC5NC(=O)NC54)cc3)cc2)Cc2cc(C#Cc3ccc(OC4OC(CO)C(O)C(O)C4O)cc3)cc(CN(CC(=O)O)CC(=O)O)n2)n1. The number of thiocarbonyl (C=S) groups is 1. The Morgan fingerprint density at radius 1 is 0.513 bits per heavy atom. The molecular weight excluding hydrogens is 1510 g/mol. The van der Waals surface area contributed by atoms with Gasteiger partial charge in [0.25, 0.3) is 0 Å². The van der Waals surface area contributed by atoms with Gasteiger partial charge in [-0.05, 0) is 146 Å². The zero-order chi connectivity index (χ0) is 80.8. The first-order valence-corrected chi connectivity index (χ1v) is 37.6. The fourth-order valence-electron chi connectivity index (χ4n) is 13.0. The molecule has 13 atom stereocenters. The minimum Gasteiger partial charge on any atom is -0.480 e. The van der Waals surface area contributed by atoms with Gasteiger partial charge in [-0.1, -0.05) is 42.2 Å². The predicted molar refractivity (Wildman–Crippen MR) is 411 cm³/mol. The standard InChI is InChI=1S/C78H88N10O23S2/c89-41-60-69(101)71(103)73(105)75(110-60)108-57-22-11-44(12-23-57)5-7-47-29-52(79-54(31-47)35-87(37-64(93)94)38-65(95)96)33-86(34-53-30-48(32-55(80-53)36-88(39-66(97)98)40-67(99)100)8-6-45-13-24-58(25-14-45)109-76-74(106)72(104)70(102)61(42-90)111-76)28-27-46-9-15-50(16-10-46)82-78(112)83-51-19-17-49(18-20-51)81-63(92)26-21-56(91)3-1-2-4-62-68-59(43-113-62)84-77(107)85-68/h9-20,22-25,29-32,59-62,68-76,89-90,101-106H,1-4,21,26-28,33-43H2,(H,81,92)(H,93,94)(H,95,96)(H,97,98)(H,99,100)(H2,82,83,112)(H2,84,85,107). The van der Waals surface area contributed by atoms with Crippen LogP contribution >= 0.6 is 24.0 Å². The summed E-state index contributed by atoms with van der Waals surface area (Å²) in [6, 6.07) is 33.4. The van der Waals surface area contributed by atoms with Crippen molar-refractivity contribution >= 4 is 87.8 Å². The summed E-state index contributed by atoms with van der Waals surface area (Å²) in [5.74, 6) is 8.13. The Balaban J connectivity index is 0.871. The molecule has 600 valence electrons. The van der Waals surface area contributed by atoms with Gasteiger partial charge in [0.05, 0.1) is 74.3 Å². The highest BCUT2D eigenvalue weighted by Crippen LogP contribution is 2.34. The Morgan fingerprint density at radius 2 is 0.929 bits per heavy atom. The number of aliphatic carboxylic acids is 4. The molecule has 4 fully saturated rings. The first-order chi connectivity index (χ1) is 54.2. The van der Waals surface area contributed by atoms with Crippen molar-refractivity contribution in [3.8, 4) is 35.2 Å². The van der Waals surface area contributed by atoms with E-state index in [0.29, 0.717) is 75.2 Å². The van der Waals surface area contributed by atoms with E-state index in [-0.39, 0.29) is 103 Å². The van der Waals surface area contributed by atoms with Gasteiger partial charge >= 0.3 is 29.9 Å². The van der Waals surface area contributed by atoms with Crippen LogP contribution in [0.1, 0.15) is 89.1 Å². The maximum absolute atomic E-state index is 12.9. The minimum absolute atomic E-state index is 0.0108. The largest absolute Gasteiger partial charge is 0.480 e. The van der Waals surface area contributed by atoms with Gasteiger partial charge in [-0.15, -0.1) is 0 Å². The van der Waals surface area contributed by atoms with Gasteiger partial charge in [0.15, 0.2) is 5.11 Å². The third-order valence-electron chi connectivity index (χ3n) is 18.6. The first-order valence-electron chi connectivity index (χ1n) is 36.2. The smallest absolute Gasteiger partial charge is 0.317 e. The van der Waals surface area contributed by atoms with E-state index in [1.54, 1.807) is 72.8 Å². The van der Waals surface area contributed by atoms with Gasteiger partial charge in [-0.3, -0.25) is 53.4 Å². The number of nitrogens with one attached hydrogen (secondary N) is 5. The number of carbonyl (C=O) groups excluding carboxylic acids is 3. The minimum atomic E-state index is -1.68. The fourth-order valence-corrected chi connectivity index (χ4v) is 14.8. The number of thioether (sulfide) groups is 1. The average molecular weight is 1600 g/mol. The van der Waals surface area contributed by atoms with Crippen LogP contribution < -0.4 is 36.1 Å². The van der Waals surface area contributed by atoms with Crippen molar-refractivity contribution < 1.29 is 114 Å². The van der Waals surface area contributed by atoms with Crippen molar-refractivity contribution in [2.45, 2.75) is 150 Å². The molecule has 4 aliphatic rings. The molecular formula is C78H88N10O23S2. The topological polar surface area (TPSA) is 495 Å². The second-order valence-electron chi connectivity index (χ2n) is 27.5. The second kappa shape index (κ2) is 41.0. The van der Waals surface area contributed by atoms with Crippen molar-refractivity contribution in [1.82, 2.24) is 35.3 Å². The van der Waals surface area contributed by atoms with Crippen LogP contribution in [0.25, 0.3) is 0 Å². The monoisotopic (exact) mass is 1600 g/mol. The summed E-state index contributed by atoms with van der Waals surface area (Å²) < 4.78 is 22.5. The van der Waals surface area contributed by atoms with Crippen molar-refractivity contribution in [3.05, 3.63) is 172 Å². The number of carboxylic acids is 4. The van der Waals surface area contributed by atoms with E-state index in [1.807, 2.05) is 40.9 Å². The summed E-state index contributed by atoms with van der Waals surface area (Å²) in [7, 11) is 0. The van der Waals surface area contributed by atoms with E-state index in [9.17, 15) is 94.8 Å². The number of rotatable bonds is 36. The van der Waals surface area contributed by atoms with Gasteiger partial charge in [0.2, 0.25) is 18.5 Å². The molecule has 33 nitrogen and oxygen atoms in total. The van der Waals surface area contributed by atoms with Crippen LogP contribution in [0.3, 0.4) is 0 Å². The molecule has 0 spiro atoms. The number of carboxylic acid groups (broad SMARTS) is 4. The summed E-state index contributed by atoms with van der Waals surface area (Å²) >= 11 is 7.51. The Labute approximate surface area is 658 Å². The molecule has 4 saturated heterocycles. The lowest BCUT2D eigenvalue weighted by Gasteiger charge is -2.39. The number of pyridine rings is 2. The number of nitrogens with zero attached hydrogens (tertiary/aromatic N) is 5. The molecule has 10 rings (SSSR count). The molecule has 35 heteroatoms. The molecule has 0 bridgehead atoms. The van der Waals surface area contributed by atoms with Gasteiger partial charge in [-0.25, -0.2) is 4.79 Å². The van der Waals surface area contributed by atoms with Crippen molar-refractivity contribution in [2.24, 2.45) is 0 Å². The van der Waals surface area contributed by atoms with Crippen molar-refractivity contribution in [3.63, 3.8) is 0 Å². The molecule has 6 heterocycles. The van der Waals surface area contributed by atoms with Gasteiger partial charge in [0, 0.05) is 102 Å². The number of ether oxygens (including phenoxy) is 4.